The van der Waals surface area contributed by atoms with E-state index in [1.165, 1.54) is 60.9 Å². The summed E-state index contributed by atoms with van der Waals surface area (Å²) >= 11 is 1.86. The predicted molar refractivity (Wildman–Crippen MR) is 143 cm³/mol. The number of carbonyl (C=O) groups is 1. The molecule has 0 amide bonds. The summed E-state index contributed by atoms with van der Waals surface area (Å²) in [6.45, 7) is 4.56. The van der Waals surface area contributed by atoms with Gasteiger partial charge in [0.1, 0.15) is 5.75 Å². The van der Waals surface area contributed by atoms with Gasteiger partial charge < -0.3 is 4.74 Å². The van der Waals surface area contributed by atoms with Crippen LogP contribution >= 0.6 is 11.3 Å². The molecule has 1 atom stereocenters. The van der Waals surface area contributed by atoms with Gasteiger partial charge in [0.25, 0.3) is 0 Å². The number of benzene rings is 1. The molecule has 0 saturated heterocycles. The van der Waals surface area contributed by atoms with Crippen LogP contribution in [0.1, 0.15) is 93.6 Å². The highest BCUT2D eigenvalue weighted by molar-refractivity contribution is 7.09. The van der Waals surface area contributed by atoms with Gasteiger partial charge in [0.2, 0.25) is 0 Å². The summed E-state index contributed by atoms with van der Waals surface area (Å²) in [7, 11) is 0. The van der Waals surface area contributed by atoms with Crippen LogP contribution in [0.3, 0.4) is 0 Å². The van der Waals surface area contributed by atoms with E-state index in [2.05, 4.69) is 41.5 Å². The van der Waals surface area contributed by atoms with E-state index in [0.717, 1.165) is 63.3 Å². The van der Waals surface area contributed by atoms with E-state index in [1.807, 2.05) is 17.4 Å². The van der Waals surface area contributed by atoms with Crippen LogP contribution in [0.15, 0.2) is 35.7 Å². The molecule has 3 nitrogen and oxygen atoms in total. The third-order valence-corrected chi connectivity index (χ3v) is 8.79. The summed E-state index contributed by atoms with van der Waals surface area (Å²) in [4.78, 5) is 16.7. The fourth-order valence-corrected chi connectivity index (χ4v) is 6.68. The average Bonchev–Trinajstić information content (AvgIpc) is 3.39. The molecule has 1 aromatic heterocycles. The third-order valence-electron chi connectivity index (χ3n) is 7.86. The summed E-state index contributed by atoms with van der Waals surface area (Å²) in [6.07, 6.45) is 16.5. The Morgan fingerprint density at radius 3 is 2.74 bits per heavy atom. The van der Waals surface area contributed by atoms with E-state index >= 15 is 0 Å². The standard InChI is InChI=1S/C30H43NO2S/c1-2-20-31(21-19-27-14-9-22-34-27)26-17-18-28-25(23-26)13-8-15-29(28)33-30(32)16-7-6-12-24-10-4-3-5-11-24/h8-9,13-15,22,24,26H,2-7,10-12,16-21,23H2,1H3. The maximum absolute atomic E-state index is 12.6. The van der Waals surface area contributed by atoms with Crippen molar-refractivity contribution < 1.29 is 9.53 Å². The molecule has 186 valence electrons. The lowest BCUT2D eigenvalue weighted by molar-refractivity contribution is -0.134. The number of hydrogen-bond donors (Lipinski definition) is 0. The van der Waals surface area contributed by atoms with Crippen LogP contribution in [0.25, 0.3) is 0 Å². The molecule has 1 unspecified atom stereocenters. The monoisotopic (exact) mass is 481 g/mol. The summed E-state index contributed by atoms with van der Waals surface area (Å²) in [5.41, 5.74) is 2.64. The fourth-order valence-electron chi connectivity index (χ4n) is 5.98. The summed E-state index contributed by atoms with van der Waals surface area (Å²) < 4.78 is 5.89. The number of esters is 1. The molecule has 34 heavy (non-hydrogen) atoms. The van der Waals surface area contributed by atoms with Crippen molar-refractivity contribution in [2.24, 2.45) is 5.92 Å². The van der Waals surface area contributed by atoms with Crippen molar-refractivity contribution in [3.05, 3.63) is 51.7 Å². The molecular formula is C30H43NO2S. The maximum Gasteiger partial charge on any atom is 0.311 e. The second-order valence-corrected chi connectivity index (χ2v) is 11.4. The van der Waals surface area contributed by atoms with E-state index in [0.29, 0.717) is 12.5 Å². The van der Waals surface area contributed by atoms with Crippen LogP contribution in [-0.4, -0.2) is 30.0 Å². The highest BCUT2D eigenvalue weighted by Gasteiger charge is 2.26. The van der Waals surface area contributed by atoms with Crippen molar-refractivity contribution in [1.29, 1.82) is 0 Å². The summed E-state index contributed by atoms with van der Waals surface area (Å²) in [5, 5.41) is 2.18. The molecule has 1 saturated carbocycles. The van der Waals surface area contributed by atoms with Gasteiger partial charge in [0.05, 0.1) is 0 Å². The normalized spacial score (nSPS) is 18.7. The zero-order valence-corrected chi connectivity index (χ0v) is 21.9. The van der Waals surface area contributed by atoms with Crippen molar-refractivity contribution in [3.63, 3.8) is 0 Å². The molecule has 1 fully saturated rings. The number of unbranched alkanes of at least 4 members (excludes halogenated alkanes) is 1. The predicted octanol–water partition coefficient (Wildman–Crippen LogP) is 7.61. The SMILES string of the molecule is CCCN(CCc1cccs1)C1CCc2c(cccc2OC(=O)CCCCC2CCCCC2)C1. The third kappa shape index (κ3) is 7.42. The quantitative estimate of drug-likeness (QED) is 0.177. The molecule has 4 heteroatoms. The highest BCUT2D eigenvalue weighted by Crippen LogP contribution is 2.32. The zero-order valence-electron chi connectivity index (χ0n) is 21.1. The van der Waals surface area contributed by atoms with Crippen LogP contribution in [0.2, 0.25) is 0 Å². The van der Waals surface area contributed by atoms with E-state index in [9.17, 15) is 4.79 Å². The summed E-state index contributed by atoms with van der Waals surface area (Å²) in [6, 6.07) is 11.3. The number of ether oxygens (including phenoxy) is 1. The van der Waals surface area contributed by atoms with Crippen molar-refractivity contribution in [2.45, 2.75) is 103 Å². The second kappa shape index (κ2) is 13.4. The number of rotatable bonds is 12. The van der Waals surface area contributed by atoms with Crippen molar-refractivity contribution in [1.82, 2.24) is 4.90 Å². The lowest BCUT2D eigenvalue weighted by atomic mass is 9.85. The highest BCUT2D eigenvalue weighted by atomic mass is 32.1. The molecule has 0 aliphatic heterocycles. The Balaban J connectivity index is 1.27. The van der Waals surface area contributed by atoms with E-state index in [1.54, 1.807) is 0 Å². The van der Waals surface area contributed by atoms with Crippen molar-refractivity contribution in [3.8, 4) is 5.75 Å². The fraction of sp³-hybridized carbons (Fsp3) is 0.633. The lowest BCUT2D eigenvalue weighted by Gasteiger charge is -2.35. The Morgan fingerprint density at radius 2 is 1.94 bits per heavy atom. The number of carbonyl (C=O) groups excluding carboxylic acids is 1. The number of nitrogens with zero attached hydrogens (tertiary/aromatic N) is 1. The van der Waals surface area contributed by atoms with Crippen LogP contribution in [0.4, 0.5) is 0 Å². The van der Waals surface area contributed by atoms with Gasteiger partial charge in [-0.1, -0.05) is 70.1 Å². The van der Waals surface area contributed by atoms with Crippen LogP contribution in [0, 0.1) is 5.92 Å². The van der Waals surface area contributed by atoms with Gasteiger partial charge in [-0.3, -0.25) is 9.69 Å². The molecule has 2 aromatic rings. The van der Waals surface area contributed by atoms with E-state index in [4.69, 9.17) is 4.74 Å². The van der Waals surface area contributed by atoms with Gasteiger partial charge in [0.15, 0.2) is 0 Å². The topological polar surface area (TPSA) is 29.5 Å². The Hall–Kier alpha value is -1.65. The van der Waals surface area contributed by atoms with Gasteiger partial charge in [-0.25, -0.2) is 0 Å². The van der Waals surface area contributed by atoms with Gasteiger partial charge in [-0.2, -0.15) is 0 Å². The Kier molecular flexibility index (Phi) is 10.1. The minimum Gasteiger partial charge on any atom is -0.426 e. The number of thiophene rings is 1. The average molecular weight is 482 g/mol. The minimum atomic E-state index is -0.0530. The smallest absolute Gasteiger partial charge is 0.311 e. The van der Waals surface area contributed by atoms with Crippen LogP contribution < -0.4 is 4.74 Å². The first-order valence-electron chi connectivity index (χ1n) is 13.8. The maximum atomic E-state index is 12.6. The van der Waals surface area contributed by atoms with Crippen molar-refractivity contribution >= 4 is 17.3 Å². The first-order valence-corrected chi connectivity index (χ1v) is 14.7. The minimum absolute atomic E-state index is 0.0530. The molecule has 0 bridgehead atoms. The Bertz CT molecular complexity index is 872. The van der Waals surface area contributed by atoms with Gasteiger partial charge >= 0.3 is 5.97 Å². The largest absolute Gasteiger partial charge is 0.426 e. The van der Waals surface area contributed by atoms with Crippen LogP contribution in [-0.2, 0) is 24.1 Å². The molecule has 4 rings (SSSR count). The zero-order chi connectivity index (χ0) is 23.6. The van der Waals surface area contributed by atoms with Gasteiger partial charge in [-0.05, 0) is 79.6 Å². The summed E-state index contributed by atoms with van der Waals surface area (Å²) in [5.74, 6) is 1.66. The Labute approximate surface area is 210 Å². The molecular weight excluding hydrogens is 438 g/mol. The molecule has 1 aromatic carbocycles. The number of fused-ring (bicyclic) bond motifs is 1. The Morgan fingerprint density at radius 1 is 1.06 bits per heavy atom. The molecule has 2 aliphatic carbocycles. The molecule has 1 heterocycles. The van der Waals surface area contributed by atoms with E-state index < -0.39 is 0 Å². The lowest BCUT2D eigenvalue weighted by Crippen LogP contribution is -2.41. The first-order chi connectivity index (χ1) is 16.7. The number of hydrogen-bond acceptors (Lipinski definition) is 4. The second-order valence-electron chi connectivity index (χ2n) is 10.4. The van der Waals surface area contributed by atoms with Gasteiger partial charge in [-0.15, -0.1) is 11.3 Å². The molecule has 0 N–H and O–H groups in total. The molecule has 0 radical (unpaired) electrons. The van der Waals surface area contributed by atoms with Crippen LogP contribution in [0.5, 0.6) is 5.75 Å². The van der Waals surface area contributed by atoms with Gasteiger partial charge in [0, 0.05) is 23.9 Å². The molecule has 2 aliphatic rings. The molecule has 0 spiro atoms. The first kappa shape index (κ1) is 25.4. The van der Waals surface area contributed by atoms with E-state index in [-0.39, 0.29) is 5.97 Å². The van der Waals surface area contributed by atoms with Crippen molar-refractivity contribution in [2.75, 3.05) is 13.1 Å².